The predicted molar refractivity (Wildman–Crippen MR) is 97.2 cm³/mol. The third-order valence-electron chi connectivity index (χ3n) is 5.84. The molecule has 3 fully saturated rings. The third-order valence-corrected chi connectivity index (χ3v) is 5.84. The molecule has 0 radical (unpaired) electrons. The Labute approximate surface area is 153 Å². The average Bonchev–Trinajstić information content (AvgIpc) is 3.48. The Bertz CT molecular complexity index is 683. The zero-order chi connectivity index (χ0) is 18.1. The summed E-state index contributed by atoms with van der Waals surface area (Å²) in [7, 11) is 0. The van der Waals surface area contributed by atoms with E-state index < -0.39 is 0 Å². The van der Waals surface area contributed by atoms with Gasteiger partial charge in [-0.15, -0.1) is 0 Å². The van der Waals surface area contributed by atoms with Gasteiger partial charge in [0, 0.05) is 38.1 Å². The Balaban J connectivity index is 1.28. The van der Waals surface area contributed by atoms with Crippen molar-refractivity contribution in [2.75, 3.05) is 24.5 Å². The first-order valence-electron chi connectivity index (χ1n) is 9.71. The number of anilines is 1. The molecule has 4 rings (SSSR count). The van der Waals surface area contributed by atoms with Gasteiger partial charge >= 0.3 is 0 Å². The van der Waals surface area contributed by atoms with Crippen LogP contribution in [0.25, 0.3) is 0 Å². The summed E-state index contributed by atoms with van der Waals surface area (Å²) in [5, 5.41) is 3.17. The molecule has 2 saturated heterocycles. The van der Waals surface area contributed by atoms with Crippen molar-refractivity contribution >= 4 is 17.5 Å². The Hall–Kier alpha value is -2.11. The fourth-order valence-corrected chi connectivity index (χ4v) is 4.12. The number of hydrogen-bond donors (Lipinski definition) is 1. The highest BCUT2D eigenvalue weighted by atomic mass is 19.1. The van der Waals surface area contributed by atoms with Crippen LogP contribution >= 0.6 is 0 Å². The van der Waals surface area contributed by atoms with Crippen LogP contribution < -0.4 is 10.2 Å². The molecule has 1 atom stereocenters. The third kappa shape index (κ3) is 3.69. The van der Waals surface area contributed by atoms with E-state index in [2.05, 4.69) is 5.32 Å². The molecule has 1 saturated carbocycles. The van der Waals surface area contributed by atoms with Gasteiger partial charge in [-0.25, -0.2) is 4.39 Å². The maximum absolute atomic E-state index is 13.9. The summed E-state index contributed by atoms with van der Waals surface area (Å²) in [4.78, 5) is 28.6. The van der Waals surface area contributed by atoms with Crippen LogP contribution in [0.1, 0.15) is 38.5 Å². The average molecular weight is 359 g/mol. The molecule has 1 aromatic carbocycles. The van der Waals surface area contributed by atoms with Crippen LogP contribution in [0.3, 0.4) is 0 Å². The molecule has 0 unspecified atom stereocenters. The fourth-order valence-electron chi connectivity index (χ4n) is 4.12. The van der Waals surface area contributed by atoms with Gasteiger partial charge in [0.1, 0.15) is 5.82 Å². The summed E-state index contributed by atoms with van der Waals surface area (Å²) in [5.74, 6) is 0.00200. The zero-order valence-electron chi connectivity index (χ0n) is 15.0. The summed E-state index contributed by atoms with van der Waals surface area (Å²) in [5.41, 5.74) is 0.642. The SMILES string of the molecule is O=C(NC1CCN(c2ccccc2F)CC1)[C@@H]1CCC(=O)N(C2CC2)C1. The molecule has 1 aromatic rings. The first-order chi connectivity index (χ1) is 12.6. The maximum Gasteiger partial charge on any atom is 0.225 e. The van der Waals surface area contributed by atoms with Gasteiger partial charge < -0.3 is 15.1 Å². The number of benzene rings is 1. The maximum atomic E-state index is 13.9. The molecule has 5 nitrogen and oxygen atoms in total. The number of carbonyl (C=O) groups excluding carboxylic acids is 2. The van der Waals surface area contributed by atoms with Gasteiger partial charge in [0.15, 0.2) is 0 Å². The van der Waals surface area contributed by atoms with Crippen LogP contribution in [0.5, 0.6) is 0 Å². The monoisotopic (exact) mass is 359 g/mol. The van der Waals surface area contributed by atoms with E-state index in [1.54, 1.807) is 12.1 Å². The number of hydrogen-bond acceptors (Lipinski definition) is 3. The van der Waals surface area contributed by atoms with E-state index in [-0.39, 0.29) is 29.6 Å². The number of nitrogens with zero attached hydrogens (tertiary/aromatic N) is 2. The molecule has 0 spiro atoms. The molecule has 0 aromatic heterocycles. The summed E-state index contributed by atoms with van der Waals surface area (Å²) in [6.07, 6.45) is 4.93. The van der Waals surface area contributed by atoms with E-state index >= 15 is 0 Å². The predicted octanol–water partition coefficient (Wildman–Crippen LogP) is 2.31. The lowest BCUT2D eigenvalue weighted by molar-refractivity contribution is -0.139. The Morgan fingerprint density at radius 1 is 1.08 bits per heavy atom. The van der Waals surface area contributed by atoms with Crippen LogP contribution in [0, 0.1) is 11.7 Å². The minimum absolute atomic E-state index is 0.0764. The molecule has 3 aliphatic rings. The van der Waals surface area contributed by atoms with Crippen molar-refractivity contribution in [1.29, 1.82) is 0 Å². The van der Waals surface area contributed by atoms with E-state index in [9.17, 15) is 14.0 Å². The summed E-state index contributed by atoms with van der Waals surface area (Å²) >= 11 is 0. The minimum Gasteiger partial charge on any atom is -0.369 e. The molecule has 1 aliphatic carbocycles. The molecular weight excluding hydrogens is 333 g/mol. The number of piperidine rings is 2. The second kappa shape index (κ2) is 7.25. The molecule has 26 heavy (non-hydrogen) atoms. The van der Waals surface area contributed by atoms with Crippen LogP contribution in [-0.2, 0) is 9.59 Å². The Kier molecular flexibility index (Phi) is 4.83. The first-order valence-corrected chi connectivity index (χ1v) is 9.71. The molecule has 2 aliphatic heterocycles. The molecule has 1 N–H and O–H groups in total. The molecule has 0 bridgehead atoms. The smallest absolute Gasteiger partial charge is 0.225 e. The highest BCUT2D eigenvalue weighted by Gasteiger charge is 2.39. The Morgan fingerprint density at radius 2 is 1.81 bits per heavy atom. The number of halogens is 1. The summed E-state index contributed by atoms with van der Waals surface area (Å²) in [6, 6.07) is 7.35. The number of amides is 2. The molecule has 2 heterocycles. The van der Waals surface area contributed by atoms with Crippen molar-refractivity contribution in [3.8, 4) is 0 Å². The summed E-state index contributed by atoms with van der Waals surface area (Å²) in [6.45, 7) is 2.05. The number of rotatable bonds is 4. The highest BCUT2D eigenvalue weighted by molar-refractivity contribution is 5.84. The van der Waals surface area contributed by atoms with Crippen molar-refractivity contribution in [1.82, 2.24) is 10.2 Å². The standard InChI is InChI=1S/C20H26FN3O2/c21-17-3-1-2-4-18(17)23-11-9-15(10-12-23)22-20(26)14-5-8-19(25)24(13-14)16-6-7-16/h1-4,14-16H,5-13H2,(H,22,26)/t14-/m1/s1. The van der Waals surface area contributed by atoms with E-state index in [0.29, 0.717) is 31.1 Å². The number of para-hydroxylation sites is 1. The van der Waals surface area contributed by atoms with Crippen LogP contribution in [-0.4, -0.2) is 48.4 Å². The van der Waals surface area contributed by atoms with Crippen LogP contribution in [0.2, 0.25) is 0 Å². The van der Waals surface area contributed by atoms with Crippen molar-refractivity contribution in [2.45, 2.75) is 50.6 Å². The largest absolute Gasteiger partial charge is 0.369 e. The fraction of sp³-hybridized carbons (Fsp3) is 0.600. The number of nitrogens with one attached hydrogen (secondary N) is 1. The van der Waals surface area contributed by atoms with Crippen molar-refractivity contribution in [2.24, 2.45) is 5.92 Å². The molecular formula is C20H26FN3O2. The second-order valence-corrected chi connectivity index (χ2v) is 7.73. The Morgan fingerprint density at radius 3 is 2.50 bits per heavy atom. The minimum atomic E-state index is -0.193. The van der Waals surface area contributed by atoms with E-state index in [0.717, 1.165) is 38.8 Å². The highest BCUT2D eigenvalue weighted by Crippen LogP contribution is 2.32. The lowest BCUT2D eigenvalue weighted by Crippen LogP contribution is -2.50. The van der Waals surface area contributed by atoms with Crippen molar-refractivity contribution in [3.05, 3.63) is 30.1 Å². The molecule has 6 heteroatoms. The van der Waals surface area contributed by atoms with E-state index in [1.807, 2.05) is 15.9 Å². The number of carbonyl (C=O) groups is 2. The second-order valence-electron chi connectivity index (χ2n) is 7.73. The lowest BCUT2D eigenvalue weighted by Gasteiger charge is -2.36. The topological polar surface area (TPSA) is 52.7 Å². The van der Waals surface area contributed by atoms with Crippen molar-refractivity contribution < 1.29 is 14.0 Å². The molecule has 140 valence electrons. The van der Waals surface area contributed by atoms with Crippen LogP contribution in [0.15, 0.2) is 24.3 Å². The summed E-state index contributed by atoms with van der Waals surface area (Å²) < 4.78 is 13.9. The van der Waals surface area contributed by atoms with Gasteiger partial charge in [0.05, 0.1) is 11.6 Å². The van der Waals surface area contributed by atoms with E-state index in [4.69, 9.17) is 0 Å². The van der Waals surface area contributed by atoms with Gasteiger partial charge in [0.2, 0.25) is 11.8 Å². The van der Waals surface area contributed by atoms with Crippen LogP contribution in [0.4, 0.5) is 10.1 Å². The van der Waals surface area contributed by atoms with Gasteiger partial charge in [-0.2, -0.15) is 0 Å². The van der Waals surface area contributed by atoms with Gasteiger partial charge in [-0.3, -0.25) is 9.59 Å². The lowest BCUT2D eigenvalue weighted by atomic mass is 9.95. The van der Waals surface area contributed by atoms with Gasteiger partial charge in [-0.1, -0.05) is 12.1 Å². The van der Waals surface area contributed by atoms with Gasteiger partial charge in [-0.05, 0) is 44.2 Å². The first kappa shape index (κ1) is 17.3. The quantitative estimate of drug-likeness (QED) is 0.898. The zero-order valence-corrected chi connectivity index (χ0v) is 15.0. The van der Waals surface area contributed by atoms with E-state index in [1.165, 1.54) is 6.07 Å². The van der Waals surface area contributed by atoms with Gasteiger partial charge in [0.25, 0.3) is 0 Å². The van der Waals surface area contributed by atoms with Crippen molar-refractivity contribution in [3.63, 3.8) is 0 Å². The molecule has 2 amide bonds. The number of likely N-dealkylation sites (tertiary alicyclic amines) is 1. The normalized spacial score (nSPS) is 24.7.